The van der Waals surface area contributed by atoms with E-state index in [1.165, 1.54) is 29.7 Å². The highest BCUT2D eigenvalue weighted by atomic mass is 19.1. The fourth-order valence-corrected chi connectivity index (χ4v) is 3.47. The summed E-state index contributed by atoms with van der Waals surface area (Å²) in [5.74, 6) is -0.0235. The zero-order valence-corrected chi connectivity index (χ0v) is 14.8. The van der Waals surface area contributed by atoms with Crippen molar-refractivity contribution in [3.8, 4) is 0 Å². The van der Waals surface area contributed by atoms with Crippen LogP contribution < -0.4 is 10.6 Å². The van der Waals surface area contributed by atoms with E-state index in [1.54, 1.807) is 12.1 Å². The Morgan fingerprint density at radius 3 is 2.52 bits per heavy atom. The highest BCUT2D eigenvalue weighted by Gasteiger charge is 2.17. The molecular weight excluding hydrogens is 315 g/mol. The number of hydrogen-bond acceptors (Lipinski definition) is 2. The van der Waals surface area contributed by atoms with Crippen molar-refractivity contribution < 1.29 is 9.18 Å². The Kier molecular flexibility index (Phi) is 5.49. The summed E-state index contributed by atoms with van der Waals surface area (Å²) in [4.78, 5) is 12.3. The number of hydrogen-bond donors (Lipinski definition) is 2. The number of benzene rings is 2. The number of amides is 1. The fraction of sp³-hybridized carbons (Fsp3) is 0.381. The quantitative estimate of drug-likeness (QED) is 0.826. The molecule has 0 saturated carbocycles. The summed E-state index contributed by atoms with van der Waals surface area (Å²) in [6, 6.07) is 12.6. The van der Waals surface area contributed by atoms with Gasteiger partial charge in [0.2, 0.25) is 5.91 Å². The molecule has 0 radical (unpaired) electrons. The Balaban J connectivity index is 1.59. The Morgan fingerprint density at radius 1 is 1.08 bits per heavy atom. The molecule has 1 atom stereocenters. The summed E-state index contributed by atoms with van der Waals surface area (Å²) in [7, 11) is 0. The van der Waals surface area contributed by atoms with Crippen molar-refractivity contribution in [1.82, 2.24) is 5.32 Å². The molecule has 2 N–H and O–H groups in total. The van der Waals surface area contributed by atoms with Crippen LogP contribution in [0.2, 0.25) is 0 Å². The highest BCUT2D eigenvalue weighted by molar-refractivity contribution is 5.92. The second-order valence-electron chi connectivity index (χ2n) is 7.04. The van der Waals surface area contributed by atoms with Gasteiger partial charge in [0.1, 0.15) is 5.82 Å². The minimum absolute atomic E-state index is 0.00590. The second-order valence-corrected chi connectivity index (χ2v) is 7.04. The summed E-state index contributed by atoms with van der Waals surface area (Å²) in [5.41, 5.74) is 4.58. The Hall–Kier alpha value is -2.20. The van der Waals surface area contributed by atoms with Crippen molar-refractivity contribution in [3.05, 3.63) is 65.0 Å². The van der Waals surface area contributed by atoms with Crippen molar-refractivity contribution in [1.29, 1.82) is 0 Å². The van der Waals surface area contributed by atoms with E-state index in [2.05, 4.69) is 36.6 Å². The minimum atomic E-state index is -0.249. The lowest BCUT2D eigenvalue weighted by atomic mass is 9.96. The lowest BCUT2D eigenvalue weighted by Gasteiger charge is -2.23. The number of halogens is 1. The van der Waals surface area contributed by atoms with Crippen molar-refractivity contribution in [2.45, 2.75) is 39.2 Å². The second kappa shape index (κ2) is 7.79. The number of rotatable bonds is 6. The first kappa shape index (κ1) is 17.6. The van der Waals surface area contributed by atoms with Gasteiger partial charge in [0.05, 0.1) is 6.54 Å². The van der Waals surface area contributed by atoms with E-state index in [9.17, 15) is 9.18 Å². The molecule has 1 aliphatic carbocycles. The summed E-state index contributed by atoms with van der Waals surface area (Å²) in [5, 5.41) is 6.26. The van der Waals surface area contributed by atoms with Gasteiger partial charge in [-0.3, -0.25) is 4.79 Å². The topological polar surface area (TPSA) is 41.1 Å². The molecule has 4 heteroatoms. The molecule has 3 rings (SSSR count). The third-order valence-corrected chi connectivity index (χ3v) is 4.76. The van der Waals surface area contributed by atoms with Gasteiger partial charge in [-0.15, -0.1) is 0 Å². The van der Waals surface area contributed by atoms with Crippen molar-refractivity contribution in [3.63, 3.8) is 0 Å². The van der Waals surface area contributed by atoms with Gasteiger partial charge >= 0.3 is 0 Å². The standard InChI is InChI=1S/C21H25FN2O/c1-14(2)21(16-6-9-18(22)10-7-16)23-13-20(25)24-19-11-8-15-4-3-5-17(15)12-19/h6-12,14,21,23H,3-5,13H2,1-2H3,(H,24,25)/t21-/m0/s1. The Bertz CT molecular complexity index is 740. The maximum atomic E-state index is 13.1. The first-order valence-electron chi connectivity index (χ1n) is 8.93. The summed E-state index contributed by atoms with van der Waals surface area (Å²) >= 11 is 0. The molecule has 0 aromatic heterocycles. The largest absolute Gasteiger partial charge is 0.325 e. The van der Waals surface area contributed by atoms with E-state index in [0.29, 0.717) is 5.92 Å². The Labute approximate surface area is 148 Å². The van der Waals surface area contributed by atoms with E-state index in [-0.39, 0.29) is 24.3 Å². The van der Waals surface area contributed by atoms with Gasteiger partial charge in [-0.2, -0.15) is 0 Å². The lowest BCUT2D eigenvalue weighted by Crippen LogP contribution is -2.33. The number of nitrogens with one attached hydrogen (secondary N) is 2. The average molecular weight is 340 g/mol. The number of carbonyl (C=O) groups excluding carboxylic acids is 1. The zero-order valence-electron chi connectivity index (χ0n) is 14.8. The summed E-state index contributed by atoms with van der Waals surface area (Å²) < 4.78 is 13.1. The molecule has 0 bridgehead atoms. The van der Waals surface area contributed by atoms with Gasteiger partial charge in [-0.25, -0.2) is 4.39 Å². The van der Waals surface area contributed by atoms with Crippen LogP contribution in [-0.2, 0) is 17.6 Å². The monoisotopic (exact) mass is 340 g/mol. The maximum absolute atomic E-state index is 13.1. The minimum Gasteiger partial charge on any atom is -0.325 e. The fourth-order valence-electron chi connectivity index (χ4n) is 3.47. The highest BCUT2D eigenvalue weighted by Crippen LogP contribution is 2.25. The van der Waals surface area contributed by atoms with Crippen LogP contribution in [0.5, 0.6) is 0 Å². The molecule has 1 aliphatic rings. The summed E-state index contributed by atoms with van der Waals surface area (Å²) in [6.45, 7) is 4.39. The molecule has 0 aliphatic heterocycles. The number of anilines is 1. The van der Waals surface area contributed by atoms with Crippen LogP contribution in [0.1, 0.15) is 43.0 Å². The Morgan fingerprint density at radius 2 is 1.80 bits per heavy atom. The molecule has 0 fully saturated rings. The number of carbonyl (C=O) groups is 1. The molecule has 0 spiro atoms. The van der Waals surface area contributed by atoms with Crippen LogP contribution in [0.25, 0.3) is 0 Å². The molecule has 3 nitrogen and oxygen atoms in total. The molecule has 2 aromatic rings. The molecule has 25 heavy (non-hydrogen) atoms. The SMILES string of the molecule is CC(C)[C@H](NCC(=O)Nc1ccc2c(c1)CCC2)c1ccc(F)cc1. The predicted octanol–water partition coefficient (Wildman–Crippen LogP) is 4.24. The first-order valence-corrected chi connectivity index (χ1v) is 8.93. The molecule has 1 amide bonds. The van der Waals surface area contributed by atoms with Gasteiger partial charge in [0, 0.05) is 11.7 Å². The van der Waals surface area contributed by atoms with E-state index in [4.69, 9.17) is 0 Å². The average Bonchev–Trinajstić information content (AvgIpc) is 3.04. The van der Waals surface area contributed by atoms with E-state index in [0.717, 1.165) is 24.1 Å². The van der Waals surface area contributed by atoms with Crippen LogP contribution >= 0.6 is 0 Å². The van der Waals surface area contributed by atoms with E-state index in [1.807, 2.05) is 6.07 Å². The number of fused-ring (bicyclic) bond motifs is 1. The molecule has 2 aromatic carbocycles. The third kappa shape index (κ3) is 4.45. The smallest absolute Gasteiger partial charge is 0.238 e. The molecule has 0 heterocycles. The molecule has 0 unspecified atom stereocenters. The first-order chi connectivity index (χ1) is 12.0. The maximum Gasteiger partial charge on any atom is 0.238 e. The molecule has 0 saturated heterocycles. The van der Waals surface area contributed by atoms with Crippen molar-refractivity contribution >= 4 is 11.6 Å². The van der Waals surface area contributed by atoms with Crippen LogP contribution in [0.4, 0.5) is 10.1 Å². The van der Waals surface area contributed by atoms with Gasteiger partial charge in [0.15, 0.2) is 0 Å². The summed E-state index contributed by atoms with van der Waals surface area (Å²) in [6.07, 6.45) is 3.43. The lowest BCUT2D eigenvalue weighted by molar-refractivity contribution is -0.115. The van der Waals surface area contributed by atoms with Crippen LogP contribution in [0, 0.1) is 11.7 Å². The van der Waals surface area contributed by atoms with E-state index >= 15 is 0 Å². The van der Waals surface area contributed by atoms with Crippen molar-refractivity contribution in [2.24, 2.45) is 5.92 Å². The van der Waals surface area contributed by atoms with E-state index < -0.39 is 0 Å². The molecular formula is C21H25FN2O. The zero-order chi connectivity index (χ0) is 17.8. The van der Waals surface area contributed by atoms with Gasteiger partial charge in [-0.1, -0.05) is 32.0 Å². The van der Waals surface area contributed by atoms with Crippen LogP contribution in [-0.4, -0.2) is 12.5 Å². The van der Waals surface area contributed by atoms with Gasteiger partial charge in [-0.05, 0) is 66.1 Å². The third-order valence-electron chi connectivity index (χ3n) is 4.76. The van der Waals surface area contributed by atoms with Gasteiger partial charge in [0.25, 0.3) is 0 Å². The predicted molar refractivity (Wildman–Crippen MR) is 99.1 cm³/mol. The normalized spacial score (nSPS) is 14.4. The van der Waals surface area contributed by atoms with Crippen LogP contribution in [0.15, 0.2) is 42.5 Å². The van der Waals surface area contributed by atoms with Crippen molar-refractivity contribution in [2.75, 3.05) is 11.9 Å². The number of aryl methyl sites for hydroxylation is 2. The van der Waals surface area contributed by atoms with Gasteiger partial charge < -0.3 is 10.6 Å². The molecule has 132 valence electrons. The van der Waals surface area contributed by atoms with Crippen LogP contribution in [0.3, 0.4) is 0 Å².